The van der Waals surface area contributed by atoms with Crippen LogP contribution in [-0.2, 0) is 33.0 Å². The van der Waals surface area contributed by atoms with Gasteiger partial charge in [-0.2, -0.15) is 23.5 Å². The highest BCUT2D eigenvalue weighted by molar-refractivity contribution is 8.00. The minimum atomic E-state index is -1.93. The molecular weight excluding hydrogens is 829 g/mol. The SMILES string of the molecule is C=C1C[C@@H](O)C2CCCC3(CCC4(OCCO4)C23)C[C@@H]1O[Si](C)(C)C(C)(C)C.C=C1C[C@@H](OC(=O)CSCCC)C2CCCC3(CCC(=O)C23)C[C@@H]1O.CCCSCC(=O)O. The number of hydrogen-bond donors (Lipinski definition) is 3. The summed E-state index contributed by atoms with van der Waals surface area (Å²) in [6.45, 7) is 25.5. The molecule has 348 valence electrons. The fourth-order valence-electron chi connectivity index (χ4n) is 12.0. The van der Waals surface area contributed by atoms with Crippen molar-refractivity contribution in [2.24, 2.45) is 34.5 Å². The van der Waals surface area contributed by atoms with E-state index >= 15 is 0 Å². The molecule has 0 aromatic rings. The smallest absolute Gasteiger partial charge is 0.316 e. The van der Waals surface area contributed by atoms with Crippen LogP contribution in [0.2, 0.25) is 18.1 Å². The third-order valence-corrected chi connectivity index (χ3v) is 22.5. The number of aliphatic carboxylic acids is 1. The second kappa shape index (κ2) is 21.4. The number of ether oxygens (including phenoxy) is 3. The molecule has 13 heteroatoms. The van der Waals surface area contributed by atoms with Gasteiger partial charge >= 0.3 is 11.9 Å². The topological polar surface area (TPSA) is 149 Å². The average molecular weight is 909 g/mol. The molecule has 6 aliphatic carbocycles. The number of aliphatic hydroxyl groups excluding tert-OH is 2. The fraction of sp³-hybridized carbons (Fsp3) is 0.854. The van der Waals surface area contributed by atoms with Crippen LogP contribution in [-0.4, -0.2) is 108 Å². The normalized spacial score (nSPS) is 35.6. The summed E-state index contributed by atoms with van der Waals surface area (Å²) in [6.07, 6.45) is 13.6. The van der Waals surface area contributed by atoms with E-state index < -0.39 is 26.2 Å². The van der Waals surface area contributed by atoms with Crippen molar-refractivity contribution in [3.05, 3.63) is 24.3 Å². The molecule has 61 heavy (non-hydrogen) atoms. The van der Waals surface area contributed by atoms with Crippen LogP contribution >= 0.6 is 23.5 Å². The minimum absolute atomic E-state index is 0.0358. The number of Topliss-reactive ketones (excluding diaryl/α,β-unsaturated/α-hetero) is 1. The molecule has 0 aromatic carbocycles. The maximum atomic E-state index is 12.7. The van der Waals surface area contributed by atoms with Crippen molar-refractivity contribution in [3.63, 3.8) is 0 Å². The zero-order chi connectivity index (χ0) is 44.8. The van der Waals surface area contributed by atoms with Gasteiger partial charge in [-0.25, -0.2) is 0 Å². The number of thioether (sulfide) groups is 2. The lowest BCUT2D eigenvalue weighted by Gasteiger charge is -2.53. The molecule has 6 saturated carbocycles. The van der Waals surface area contributed by atoms with E-state index in [2.05, 4.69) is 53.9 Å². The molecule has 7 rings (SSSR count). The molecule has 3 N–H and O–H groups in total. The number of carboxylic acids is 1. The standard InChI is InChI=1S/C23H40O4Si.C20H30O4S.C5H10O2S/c1-16-14-18(24)17-8-7-9-22(10-11-23(20(17)22)25-12-13-26-23)15-19(16)27-28(5,6)21(2,3)4;1-3-9-25-12-18(23)24-17-10-13(2)16(22)11-20-7-4-5-14(17)19(20)15(21)6-8-20;1-2-3-8-4-5(6)7/h17-20,24H,1,7-15H2,2-6H3;14,16-17,19,22H,2-12H2,1H3;2-4H2,1H3,(H,6,7)/t17?,18-,19+,20?,22?;14?,16-,17+,19?,20?;/m10./s1. The highest BCUT2D eigenvalue weighted by Crippen LogP contribution is 2.65. The summed E-state index contributed by atoms with van der Waals surface area (Å²) in [6, 6.07) is 0. The van der Waals surface area contributed by atoms with Gasteiger partial charge in [0.05, 0.1) is 43.0 Å². The number of rotatable bonds is 11. The van der Waals surface area contributed by atoms with Crippen LogP contribution in [0.1, 0.15) is 137 Å². The van der Waals surface area contributed by atoms with Crippen molar-refractivity contribution >= 4 is 49.6 Å². The van der Waals surface area contributed by atoms with Gasteiger partial charge in [0.15, 0.2) is 14.1 Å². The Balaban J connectivity index is 0.000000197. The molecule has 0 aromatic heterocycles. The number of esters is 1. The Hall–Kier alpha value is -1.19. The fourth-order valence-corrected chi connectivity index (χ4v) is 14.6. The van der Waals surface area contributed by atoms with Gasteiger partial charge in [0.25, 0.3) is 0 Å². The van der Waals surface area contributed by atoms with E-state index in [1.54, 1.807) is 11.8 Å². The van der Waals surface area contributed by atoms with Crippen molar-refractivity contribution < 1.29 is 48.3 Å². The molecule has 0 radical (unpaired) electrons. The Kier molecular flexibility index (Phi) is 17.8. The number of ketones is 1. The van der Waals surface area contributed by atoms with Crippen LogP contribution in [0.5, 0.6) is 0 Å². The van der Waals surface area contributed by atoms with Crippen molar-refractivity contribution in [3.8, 4) is 0 Å². The van der Waals surface area contributed by atoms with E-state index in [-0.39, 0.29) is 69.6 Å². The number of carboxylic acid groups (broad SMARTS) is 1. The second-order valence-corrected chi connectivity index (χ2v) is 27.8. The van der Waals surface area contributed by atoms with Gasteiger partial charge in [0, 0.05) is 37.0 Å². The zero-order valence-electron chi connectivity index (χ0n) is 38.6. The van der Waals surface area contributed by atoms with E-state index in [9.17, 15) is 24.6 Å². The molecule has 1 heterocycles. The predicted molar refractivity (Wildman–Crippen MR) is 248 cm³/mol. The van der Waals surface area contributed by atoms with E-state index in [1.165, 1.54) is 24.6 Å². The average Bonchev–Trinajstić information content (AvgIpc) is 3.89. The first kappa shape index (κ1) is 50.8. The lowest BCUT2D eigenvalue weighted by molar-refractivity contribution is -0.228. The van der Waals surface area contributed by atoms with Gasteiger partial charge in [0.2, 0.25) is 0 Å². The molecule has 7 fully saturated rings. The van der Waals surface area contributed by atoms with E-state index in [0.717, 1.165) is 86.9 Å². The number of carbonyl (C=O) groups excluding carboxylic acids is 2. The Morgan fingerprint density at radius 3 is 2.10 bits per heavy atom. The third-order valence-electron chi connectivity index (χ3n) is 15.7. The predicted octanol–water partition coefficient (Wildman–Crippen LogP) is 9.76. The maximum Gasteiger partial charge on any atom is 0.316 e. The highest BCUT2D eigenvalue weighted by Gasteiger charge is 2.66. The lowest BCUT2D eigenvalue weighted by atomic mass is 9.56. The van der Waals surface area contributed by atoms with Gasteiger partial charge < -0.3 is 34.0 Å². The first-order valence-electron chi connectivity index (χ1n) is 23.5. The molecule has 4 bridgehead atoms. The molecule has 1 aliphatic heterocycles. The number of aliphatic hydroxyl groups is 2. The summed E-state index contributed by atoms with van der Waals surface area (Å²) < 4.78 is 25.3. The molecule has 10 nitrogen and oxygen atoms in total. The van der Waals surface area contributed by atoms with E-state index in [0.29, 0.717) is 50.4 Å². The quantitative estimate of drug-likeness (QED) is 0.0785. The number of hydrogen-bond acceptors (Lipinski definition) is 11. The maximum absolute atomic E-state index is 12.7. The summed E-state index contributed by atoms with van der Waals surface area (Å²) in [7, 11) is -1.93. The van der Waals surface area contributed by atoms with Crippen LogP contribution in [0.4, 0.5) is 0 Å². The van der Waals surface area contributed by atoms with Gasteiger partial charge in [0.1, 0.15) is 11.9 Å². The second-order valence-electron chi connectivity index (χ2n) is 20.9. The summed E-state index contributed by atoms with van der Waals surface area (Å²) in [4.78, 5) is 34.8. The first-order chi connectivity index (χ1) is 28.7. The van der Waals surface area contributed by atoms with Crippen LogP contribution in [0.25, 0.3) is 0 Å². The van der Waals surface area contributed by atoms with Gasteiger partial charge in [-0.1, -0.05) is 60.6 Å². The Bertz CT molecular complexity index is 1540. The zero-order valence-corrected chi connectivity index (χ0v) is 41.2. The summed E-state index contributed by atoms with van der Waals surface area (Å²) in [5.41, 5.74) is 1.88. The number of carbonyl (C=O) groups is 3. The molecule has 10 atom stereocenters. The Morgan fingerprint density at radius 1 is 0.852 bits per heavy atom. The lowest BCUT2D eigenvalue weighted by Crippen LogP contribution is -2.54. The summed E-state index contributed by atoms with van der Waals surface area (Å²) >= 11 is 3.05. The molecule has 1 spiro atoms. The van der Waals surface area contributed by atoms with Crippen molar-refractivity contribution in [1.82, 2.24) is 0 Å². The Labute approximate surface area is 377 Å². The van der Waals surface area contributed by atoms with Gasteiger partial charge in [-0.15, -0.1) is 0 Å². The minimum Gasteiger partial charge on any atom is -0.481 e. The molecule has 7 aliphatic rings. The Morgan fingerprint density at radius 2 is 1.48 bits per heavy atom. The van der Waals surface area contributed by atoms with E-state index in [4.69, 9.17) is 23.7 Å². The highest BCUT2D eigenvalue weighted by atomic mass is 32.2. The van der Waals surface area contributed by atoms with Crippen molar-refractivity contribution in [2.75, 3.05) is 36.2 Å². The first-order valence-corrected chi connectivity index (χ1v) is 28.7. The van der Waals surface area contributed by atoms with Gasteiger partial charge in [-0.3, -0.25) is 14.4 Å². The van der Waals surface area contributed by atoms with Crippen molar-refractivity contribution in [1.29, 1.82) is 0 Å². The van der Waals surface area contributed by atoms with Gasteiger partial charge in [-0.05, 0) is 128 Å². The molecule has 0 amide bonds. The van der Waals surface area contributed by atoms with Crippen molar-refractivity contribution in [2.45, 2.75) is 186 Å². The largest absolute Gasteiger partial charge is 0.481 e. The monoisotopic (exact) mass is 908 g/mol. The summed E-state index contributed by atoms with van der Waals surface area (Å²) in [5, 5.41) is 30.1. The van der Waals surface area contributed by atoms with Crippen LogP contribution in [0.3, 0.4) is 0 Å². The molecule has 6 unspecified atom stereocenters. The van der Waals surface area contributed by atoms with Crippen LogP contribution < -0.4 is 0 Å². The third kappa shape index (κ3) is 11.8. The molecule has 1 saturated heterocycles. The molecular formula is C48H80O10S2Si. The van der Waals surface area contributed by atoms with Crippen LogP contribution in [0.15, 0.2) is 24.3 Å². The summed E-state index contributed by atoms with van der Waals surface area (Å²) in [5.74, 6) is 1.99. The van der Waals surface area contributed by atoms with Crippen LogP contribution in [0, 0.1) is 34.5 Å². The van der Waals surface area contributed by atoms with E-state index in [1.807, 2.05) is 6.92 Å².